The highest BCUT2D eigenvalue weighted by Gasteiger charge is 2.35. The highest BCUT2D eigenvalue weighted by molar-refractivity contribution is 6.21. The third kappa shape index (κ3) is 3.29. The molecule has 7 nitrogen and oxygen atoms in total. The van der Waals surface area contributed by atoms with E-state index in [1.807, 2.05) is 31.3 Å². The van der Waals surface area contributed by atoms with Crippen molar-refractivity contribution < 1.29 is 14.4 Å². The molecule has 4 rings (SSSR count). The Labute approximate surface area is 161 Å². The fraction of sp³-hybridized carbons (Fsp3) is 0.143. The van der Waals surface area contributed by atoms with Gasteiger partial charge in [0, 0.05) is 31.0 Å². The summed E-state index contributed by atoms with van der Waals surface area (Å²) in [6.07, 6.45) is 3.55. The topological polar surface area (TPSA) is 84.3 Å². The maximum Gasteiger partial charge on any atom is 0.261 e. The number of hydrogen-bond donors (Lipinski definition) is 1. The number of nitrogens with one attached hydrogen (secondary N) is 1. The second-order valence-corrected chi connectivity index (χ2v) is 6.61. The van der Waals surface area contributed by atoms with Crippen molar-refractivity contribution >= 4 is 23.4 Å². The van der Waals surface area contributed by atoms with Crippen LogP contribution in [0.25, 0.3) is 5.69 Å². The Morgan fingerprint density at radius 2 is 1.79 bits per heavy atom. The lowest BCUT2D eigenvalue weighted by Gasteiger charge is -2.13. The lowest BCUT2D eigenvalue weighted by Crippen LogP contribution is -2.32. The van der Waals surface area contributed by atoms with Crippen LogP contribution in [-0.4, -0.2) is 38.9 Å². The fourth-order valence-corrected chi connectivity index (χ4v) is 3.16. The molecule has 0 fully saturated rings. The Kier molecular flexibility index (Phi) is 4.49. The van der Waals surface area contributed by atoms with Gasteiger partial charge in [0.1, 0.15) is 0 Å². The van der Waals surface area contributed by atoms with Gasteiger partial charge in [-0.25, -0.2) is 4.68 Å². The first-order chi connectivity index (χ1) is 13.5. The maximum absolute atomic E-state index is 12.4. The van der Waals surface area contributed by atoms with Gasteiger partial charge in [0.15, 0.2) is 0 Å². The fourth-order valence-electron chi connectivity index (χ4n) is 3.16. The van der Waals surface area contributed by atoms with E-state index in [1.165, 1.54) is 0 Å². The summed E-state index contributed by atoms with van der Waals surface area (Å²) in [4.78, 5) is 38.2. The van der Waals surface area contributed by atoms with Crippen LogP contribution in [0.3, 0.4) is 0 Å². The molecule has 7 heteroatoms. The van der Waals surface area contributed by atoms with Crippen LogP contribution in [0.15, 0.2) is 60.9 Å². The molecule has 0 saturated carbocycles. The van der Waals surface area contributed by atoms with Crippen molar-refractivity contribution in [2.45, 2.75) is 13.3 Å². The van der Waals surface area contributed by atoms with E-state index in [4.69, 9.17) is 0 Å². The molecule has 0 bridgehead atoms. The molecule has 0 spiro atoms. The van der Waals surface area contributed by atoms with Crippen LogP contribution < -0.4 is 5.32 Å². The third-order valence-electron chi connectivity index (χ3n) is 4.61. The number of anilines is 1. The van der Waals surface area contributed by atoms with Crippen LogP contribution in [0.5, 0.6) is 0 Å². The number of amides is 3. The maximum atomic E-state index is 12.4. The van der Waals surface area contributed by atoms with E-state index >= 15 is 0 Å². The van der Waals surface area contributed by atoms with Crippen molar-refractivity contribution in [2.24, 2.45) is 0 Å². The molecular formula is C21H18N4O3. The zero-order valence-electron chi connectivity index (χ0n) is 15.3. The summed E-state index contributed by atoms with van der Waals surface area (Å²) < 4.78 is 1.72. The molecule has 1 aliphatic rings. The summed E-state index contributed by atoms with van der Waals surface area (Å²) in [6.45, 7) is 1.91. The first-order valence-corrected chi connectivity index (χ1v) is 8.90. The molecule has 2 heterocycles. The standard InChI is InChI=1S/C21H18N4O3/c1-14-3-8-17-18(13-14)21(28)24(20(17)27)12-9-19(26)23-15-4-6-16(7-5-15)25-11-2-10-22-25/h2-8,10-11,13H,9,12H2,1H3,(H,23,26). The Morgan fingerprint density at radius 3 is 2.50 bits per heavy atom. The van der Waals surface area contributed by atoms with Gasteiger partial charge < -0.3 is 5.32 Å². The second kappa shape index (κ2) is 7.11. The summed E-state index contributed by atoms with van der Waals surface area (Å²) in [6, 6.07) is 14.2. The van der Waals surface area contributed by atoms with Gasteiger partial charge in [0.05, 0.1) is 16.8 Å². The molecule has 1 N–H and O–H groups in total. The molecule has 0 aliphatic carbocycles. The van der Waals surface area contributed by atoms with Gasteiger partial charge in [-0.1, -0.05) is 11.6 Å². The highest BCUT2D eigenvalue weighted by Crippen LogP contribution is 2.24. The van der Waals surface area contributed by atoms with Crippen LogP contribution in [0.4, 0.5) is 5.69 Å². The molecule has 1 aliphatic heterocycles. The molecule has 3 aromatic rings. The van der Waals surface area contributed by atoms with Crippen molar-refractivity contribution in [3.8, 4) is 5.69 Å². The SMILES string of the molecule is Cc1ccc2c(c1)C(=O)N(CCC(=O)Nc1ccc(-n3cccn3)cc1)C2=O. The van der Waals surface area contributed by atoms with Crippen LogP contribution in [0.1, 0.15) is 32.7 Å². The van der Waals surface area contributed by atoms with Crippen LogP contribution in [0, 0.1) is 6.92 Å². The van der Waals surface area contributed by atoms with Crippen molar-refractivity contribution in [1.82, 2.24) is 14.7 Å². The number of aromatic nitrogens is 2. The van der Waals surface area contributed by atoms with E-state index in [1.54, 1.807) is 41.2 Å². The Balaban J connectivity index is 1.36. The smallest absolute Gasteiger partial charge is 0.261 e. The number of nitrogens with zero attached hydrogens (tertiary/aromatic N) is 3. The largest absolute Gasteiger partial charge is 0.326 e. The van der Waals surface area contributed by atoms with Gasteiger partial charge >= 0.3 is 0 Å². The Hall–Kier alpha value is -3.74. The molecule has 0 atom stereocenters. The first-order valence-electron chi connectivity index (χ1n) is 8.90. The zero-order chi connectivity index (χ0) is 19.7. The van der Waals surface area contributed by atoms with Crippen molar-refractivity contribution in [1.29, 1.82) is 0 Å². The van der Waals surface area contributed by atoms with Gasteiger partial charge in [-0.15, -0.1) is 0 Å². The zero-order valence-corrected chi connectivity index (χ0v) is 15.3. The number of fused-ring (bicyclic) bond motifs is 1. The molecule has 28 heavy (non-hydrogen) atoms. The summed E-state index contributed by atoms with van der Waals surface area (Å²) in [5.41, 5.74) is 3.23. The first kappa shape index (κ1) is 17.7. The number of carbonyl (C=O) groups is 3. The lowest BCUT2D eigenvalue weighted by atomic mass is 10.1. The lowest BCUT2D eigenvalue weighted by molar-refractivity contribution is -0.116. The van der Waals surface area contributed by atoms with Crippen LogP contribution >= 0.6 is 0 Å². The van der Waals surface area contributed by atoms with Gasteiger partial charge in [-0.2, -0.15) is 5.10 Å². The van der Waals surface area contributed by atoms with Crippen molar-refractivity contribution in [3.63, 3.8) is 0 Å². The van der Waals surface area contributed by atoms with Gasteiger partial charge in [-0.3, -0.25) is 19.3 Å². The minimum Gasteiger partial charge on any atom is -0.326 e. The Morgan fingerprint density at radius 1 is 1.04 bits per heavy atom. The monoisotopic (exact) mass is 374 g/mol. The minimum absolute atomic E-state index is 0.0331. The summed E-state index contributed by atoms with van der Waals surface area (Å²) in [7, 11) is 0. The number of carbonyl (C=O) groups excluding carboxylic acids is 3. The Bertz CT molecular complexity index is 1060. The molecule has 2 aromatic carbocycles. The predicted molar refractivity (Wildman–Crippen MR) is 103 cm³/mol. The number of benzene rings is 2. The molecule has 1 aromatic heterocycles. The number of aryl methyl sites for hydroxylation is 1. The number of imide groups is 1. The quantitative estimate of drug-likeness (QED) is 0.696. The van der Waals surface area contributed by atoms with Gasteiger partial charge in [0.25, 0.3) is 11.8 Å². The molecule has 3 amide bonds. The molecule has 0 unspecified atom stereocenters. The third-order valence-corrected chi connectivity index (χ3v) is 4.61. The van der Waals surface area contributed by atoms with E-state index < -0.39 is 0 Å². The molecule has 0 radical (unpaired) electrons. The number of hydrogen-bond acceptors (Lipinski definition) is 4. The second-order valence-electron chi connectivity index (χ2n) is 6.61. The molecular weight excluding hydrogens is 356 g/mol. The average Bonchev–Trinajstić information content (AvgIpc) is 3.29. The van der Waals surface area contributed by atoms with E-state index in [2.05, 4.69) is 10.4 Å². The van der Waals surface area contributed by atoms with E-state index in [0.29, 0.717) is 16.8 Å². The van der Waals surface area contributed by atoms with Crippen molar-refractivity contribution in [3.05, 3.63) is 77.6 Å². The predicted octanol–water partition coefficient (Wildman–Crippen LogP) is 2.81. The minimum atomic E-state index is -0.351. The van der Waals surface area contributed by atoms with E-state index in [9.17, 15) is 14.4 Å². The summed E-state index contributed by atoms with van der Waals surface area (Å²) in [5.74, 6) is -0.962. The summed E-state index contributed by atoms with van der Waals surface area (Å²) in [5, 5.41) is 6.93. The normalized spacial score (nSPS) is 13.0. The van der Waals surface area contributed by atoms with Gasteiger partial charge in [-0.05, 0) is 49.4 Å². The number of rotatable bonds is 5. The molecule has 140 valence electrons. The van der Waals surface area contributed by atoms with Crippen molar-refractivity contribution in [2.75, 3.05) is 11.9 Å². The van der Waals surface area contributed by atoms with E-state index in [0.717, 1.165) is 16.2 Å². The van der Waals surface area contributed by atoms with Crippen LogP contribution in [-0.2, 0) is 4.79 Å². The van der Waals surface area contributed by atoms with Gasteiger partial charge in [0.2, 0.25) is 5.91 Å². The highest BCUT2D eigenvalue weighted by atomic mass is 16.2. The van der Waals surface area contributed by atoms with E-state index in [-0.39, 0.29) is 30.7 Å². The molecule has 0 saturated heterocycles. The van der Waals surface area contributed by atoms with Crippen LogP contribution in [0.2, 0.25) is 0 Å². The summed E-state index contributed by atoms with van der Waals surface area (Å²) >= 11 is 0. The average molecular weight is 374 g/mol.